The van der Waals surface area contributed by atoms with Crippen molar-refractivity contribution in [2.45, 2.75) is 12.8 Å². The van der Waals surface area contributed by atoms with Crippen LogP contribution in [-0.2, 0) is 0 Å². The van der Waals surface area contributed by atoms with E-state index in [9.17, 15) is 14.7 Å². The Morgan fingerprint density at radius 2 is 1.44 bits per heavy atom. The van der Waals surface area contributed by atoms with Crippen molar-refractivity contribution >= 4 is 11.7 Å². The van der Waals surface area contributed by atoms with Gasteiger partial charge < -0.3 is 10.0 Å². The molecule has 1 aliphatic rings. The number of likely N-dealkylation sites (tertiary alicyclic amines) is 1. The minimum Gasteiger partial charge on any atom is -0.508 e. The molecule has 0 aliphatic carbocycles. The number of benzene rings is 3. The number of ketones is 1. The molecule has 1 saturated heterocycles. The van der Waals surface area contributed by atoms with Crippen LogP contribution in [0.3, 0.4) is 0 Å². The third-order valence-corrected chi connectivity index (χ3v) is 6.30. The van der Waals surface area contributed by atoms with Crippen molar-refractivity contribution in [1.29, 1.82) is 0 Å². The first-order valence-corrected chi connectivity index (χ1v) is 11.4. The van der Waals surface area contributed by atoms with Crippen LogP contribution in [0.4, 0.5) is 0 Å². The quantitative estimate of drug-likeness (QED) is 0.434. The first-order chi connectivity index (χ1) is 16.6. The predicted molar refractivity (Wildman–Crippen MR) is 130 cm³/mol. The highest BCUT2D eigenvalue weighted by Crippen LogP contribution is 2.26. The highest BCUT2D eigenvalue weighted by molar-refractivity contribution is 5.98. The Balaban J connectivity index is 1.37. The summed E-state index contributed by atoms with van der Waals surface area (Å²) >= 11 is 0. The van der Waals surface area contributed by atoms with E-state index in [1.54, 1.807) is 16.8 Å². The van der Waals surface area contributed by atoms with Crippen LogP contribution in [0.25, 0.3) is 16.9 Å². The van der Waals surface area contributed by atoms with Crippen molar-refractivity contribution in [2.24, 2.45) is 5.92 Å². The first kappa shape index (κ1) is 21.6. The molecule has 4 aromatic rings. The van der Waals surface area contributed by atoms with Crippen LogP contribution in [0.5, 0.6) is 5.75 Å². The number of aromatic nitrogens is 2. The summed E-state index contributed by atoms with van der Waals surface area (Å²) in [6.45, 7) is 1.02. The van der Waals surface area contributed by atoms with Crippen LogP contribution < -0.4 is 0 Å². The number of nitrogens with zero attached hydrogens (tertiary/aromatic N) is 3. The Morgan fingerprint density at radius 1 is 0.824 bits per heavy atom. The average molecular weight is 452 g/mol. The van der Waals surface area contributed by atoms with E-state index in [1.807, 2.05) is 71.6 Å². The molecule has 1 aliphatic heterocycles. The number of carbonyl (C=O) groups is 2. The minimum atomic E-state index is -0.132. The molecule has 0 atom stereocenters. The maximum atomic E-state index is 13.6. The Labute approximate surface area is 198 Å². The van der Waals surface area contributed by atoms with Crippen LogP contribution in [0, 0.1) is 5.92 Å². The molecule has 0 unspecified atom stereocenters. The van der Waals surface area contributed by atoms with Gasteiger partial charge in [-0.25, -0.2) is 4.68 Å². The molecule has 1 amide bonds. The molecule has 0 spiro atoms. The molecule has 2 heterocycles. The van der Waals surface area contributed by atoms with Gasteiger partial charge in [0.05, 0.1) is 11.4 Å². The van der Waals surface area contributed by atoms with Gasteiger partial charge in [0.15, 0.2) is 5.78 Å². The molecule has 0 bridgehead atoms. The van der Waals surface area contributed by atoms with E-state index in [-0.39, 0.29) is 23.4 Å². The summed E-state index contributed by atoms with van der Waals surface area (Å²) in [5, 5.41) is 14.2. The maximum Gasteiger partial charge on any atom is 0.272 e. The van der Waals surface area contributed by atoms with Crippen molar-refractivity contribution in [2.75, 3.05) is 13.1 Å². The Morgan fingerprint density at radius 3 is 2.09 bits per heavy atom. The molecule has 170 valence electrons. The number of Topliss-reactive ketones (excluding diaryl/α,β-unsaturated/α-hetero) is 1. The molecule has 1 aromatic heterocycles. The van der Waals surface area contributed by atoms with Crippen molar-refractivity contribution in [3.05, 3.63) is 102 Å². The Bertz CT molecular complexity index is 1290. The van der Waals surface area contributed by atoms with E-state index in [0.29, 0.717) is 37.2 Å². The highest BCUT2D eigenvalue weighted by atomic mass is 16.3. The van der Waals surface area contributed by atoms with E-state index in [2.05, 4.69) is 0 Å². The number of hydrogen-bond acceptors (Lipinski definition) is 4. The number of amides is 1. The van der Waals surface area contributed by atoms with Gasteiger partial charge in [-0.3, -0.25) is 9.59 Å². The molecule has 0 radical (unpaired) electrons. The summed E-state index contributed by atoms with van der Waals surface area (Å²) in [6, 6.07) is 27.7. The van der Waals surface area contributed by atoms with Gasteiger partial charge in [0.1, 0.15) is 11.4 Å². The number of piperidine rings is 1. The summed E-state index contributed by atoms with van der Waals surface area (Å²) in [5.41, 5.74) is 3.62. The normalized spacial score (nSPS) is 14.2. The fourth-order valence-electron chi connectivity index (χ4n) is 4.42. The number of rotatable bonds is 5. The zero-order valence-electron chi connectivity index (χ0n) is 18.7. The molecular formula is C28H25N3O3. The second-order valence-corrected chi connectivity index (χ2v) is 8.51. The molecule has 3 aromatic carbocycles. The van der Waals surface area contributed by atoms with E-state index in [1.165, 1.54) is 12.1 Å². The topological polar surface area (TPSA) is 75.4 Å². The van der Waals surface area contributed by atoms with Gasteiger partial charge in [-0.1, -0.05) is 48.5 Å². The van der Waals surface area contributed by atoms with Gasteiger partial charge in [0.25, 0.3) is 5.91 Å². The molecule has 6 heteroatoms. The highest BCUT2D eigenvalue weighted by Gasteiger charge is 2.30. The van der Waals surface area contributed by atoms with Crippen LogP contribution in [0.1, 0.15) is 33.7 Å². The lowest BCUT2D eigenvalue weighted by atomic mass is 9.88. The first-order valence-electron chi connectivity index (χ1n) is 11.4. The van der Waals surface area contributed by atoms with E-state index >= 15 is 0 Å². The number of phenolic OH excluding ortho intramolecular Hbond substituents is 1. The summed E-state index contributed by atoms with van der Waals surface area (Å²) in [4.78, 5) is 28.2. The van der Waals surface area contributed by atoms with Crippen LogP contribution in [-0.4, -0.2) is 44.6 Å². The minimum absolute atomic E-state index is 0.0628. The van der Waals surface area contributed by atoms with E-state index < -0.39 is 0 Å². The number of carbonyl (C=O) groups excluding carboxylic acids is 2. The number of aromatic hydroxyl groups is 1. The van der Waals surface area contributed by atoms with Crippen molar-refractivity contribution in [1.82, 2.24) is 14.7 Å². The number of para-hydroxylation sites is 1. The van der Waals surface area contributed by atoms with E-state index in [0.717, 1.165) is 16.9 Å². The van der Waals surface area contributed by atoms with Gasteiger partial charge in [-0.05, 0) is 55.3 Å². The summed E-state index contributed by atoms with van der Waals surface area (Å²) in [7, 11) is 0. The largest absolute Gasteiger partial charge is 0.508 e. The zero-order chi connectivity index (χ0) is 23.5. The van der Waals surface area contributed by atoms with Gasteiger partial charge in [0.2, 0.25) is 0 Å². The fraction of sp³-hybridized carbons (Fsp3) is 0.179. The van der Waals surface area contributed by atoms with Gasteiger partial charge in [0, 0.05) is 30.1 Å². The molecule has 34 heavy (non-hydrogen) atoms. The summed E-state index contributed by atoms with van der Waals surface area (Å²) in [6.07, 6.45) is 1.22. The average Bonchev–Trinajstić information content (AvgIpc) is 3.35. The third kappa shape index (κ3) is 4.35. The predicted octanol–water partition coefficient (Wildman–Crippen LogP) is 4.98. The summed E-state index contributed by atoms with van der Waals surface area (Å²) < 4.78 is 1.71. The molecule has 0 saturated carbocycles. The lowest BCUT2D eigenvalue weighted by Gasteiger charge is -2.31. The molecule has 1 N–H and O–H groups in total. The monoisotopic (exact) mass is 451 g/mol. The molecule has 6 nitrogen and oxygen atoms in total. The summed E-state index contributed by atoms with van der Waals surface area (Å²) in [5.74, 6) is -0.0174. The Hall–Kier alpha value is -4.19. The van der Waals surface area contributed by atoms with Gasteiger partial charge >= 0.3 is 0 Å². The van der Waals surface area contributed by atoms with Crippen LogP contribution in [0.2, 0.25) is 0 Å². The van der Waals surface area contributed by atoms with E-state index in [4.69, 9.17) is 5.10 Å². The zero-order valence-corrected chi connectivity index (χ0v) is 18.7. The fourth-order valence-corrected chi connectivity index (χ4v) is 4.42. The second kappa shape index (κ2) is 9.35. The van der Waals surface area contributed by atoms with Crippen LogP contribution in [0.15, 0.2) is 91.0 Å². The van der Waals surface area contributed by atoms with Crippen LogP contribution >= 0.6 is 0 Å². The molecule has 5 rings (SSSR count). The van der Waals surface area contributed by atoms with Crippen molar-refractivity contribution in [3.63, 3.8) is 0 Å². The van der Waals surface area contributed by atoms with Gasteiger partial charge in [-0.2, -0.15) is 5.10 Å². The molecular weight excluding hydrogens is 426 g/mol. The maximum absolute atomic E-state index is 13.6. The third-order valence-electron chi connectivity index (χ3n) is 6.30. The lowest BCUT2D eigenvalue weighted by molar-refractivity contribution is 0.0643. The lowest BCUT2D eigenvalue weighted by Crippen LogP contribution is -2.41. The van der Waals surface area contributed by atoms with Gasteiger partial charge in [-0.15, -0.1) is 0 Å². The smallest absolute Gasteiger partial charge is 0.272 e. The number of phenols is 1. The molecule has 1 fully saturated rings. The second-order valence-electron chi connectivity index (χ2n) is 8.51. The standard InChI is InChI=1S/C28H25N3O3/c32-24-13-11-21(12-14-24)27(33)22-15-17-30(18-16-22)28(34)26-19-25(20-7-3-1-4-8-20)29-31(26)23-9-5-2-6-10-23/h1-14,19,22,32H,15-18H2. The van der Waals surface area contributed by atoms with Crippen molar-refractivity contribution < 1.29 is 14.7 Å². The SMILES string of the molecule is O=C(c1ccc(O)cc1)C1CCN(C(=O)c2cc(-c3ccccc3)nn2-c2ccccc2)CC1. The Kier molecular flexibility index (Phi) is 5.95. The van der Waals surface area contributed by atoms with Crippen molar-refractivity contribution in [3.8, 4) is 22.7 Å². The number of hydrogen-bond donors (Lipinski definition) is 1.